The molecule has 1 aliphatic heterocycles. The van der Waals surface area contributed by atoms with E-state index in [-0.39, 0.29) is 0 Å². The Balaban J connectivity index is 1.65. The zero-order valence-electron chi connectivity index (χ0n) is 12.9. The van der Waals surface area contributed by atoms with Crippen molar-refractivity contribution in [2.45, 2.75) is 39.0 Å². The van der Waals surface area contributed by atoms with Gasteiger partial charge in [0.25, 0.3) is 0 Å². The number of unbranched alkanes of at least 4 members (excludes halogenated alkanes) is 1. The van der Waals surface area contributed by atoms with E-state index in [1.54, 1.807) is 6.20 Å². The van der Waals surface area contributed by atoms with Crippen molar-refractivity contribution >= 4 is 23.7 Å². The topological polar surface area (TPSA) is 58.1 Å². The lowest BCUT2D eigenvalue weighted by atomic mass is 9.64. The van der Waals surface area contributed by atoms with Gasteiger partial charge in [-0.1, -0.05) is 26.2 Å². The highest BCUT2D eigenvalue weighted by Crippen LogP contribution is 2.49. The summed E-state index contributed by atoms with van der Waals surface area (Å²) in [6.45, 7) is 2.25. The van der Waals surface area contributed by atoms with Crippen LogP contribution in [0.15, 0.2) is 24.4 Å². The van der Waals surface area contributed by atoms with Crippen molar-refractivity contribution in [1.82, 2.24) is 9.97 Å². The molecule has 2 aromatic rings. The van der Waals surface area contributed by atoms with E-state index in [1.807, 2.05) is 18.2 Å². The van der Waals surface area contributed by atoms with E-state index in [4.69, 9.17) is 4.65 Å². The number of aromatic amines is 1. The molecule has 0 radical (unpaired) electrons. The van der Waals surface area contributed by atoms with Crippen LogP contribution in [0, 0.1) is 11.8 Å². The molecule has 3 heterocycles. The summed E-state index contributed by atoms with van der Waals surface area (Å²) in [5.74, 6) is 3.97. The molecule has 2 aliphatic rings. The summed E-state index contributed by atoms with van der Waals surface area (Å²) in [4.78, 5) is 7.52. The fourth-order valence-electron chi connectivity index (χ4n) is 3.84. The van der Waals surface area contributed by atoms with Crippen LogP contribution >= 0.6 is 0 Å². The SMILES string of the molecule is CCCCC1CC(C2=CB(O)Oc3cnc4[nH]ccc4c32)C1. The zero-order chi connectivity index (χ0) is 15.1. The van der Waals surface area contributed by atoms with Crippen LogP contribution in [0.1, 0.15) is 44.6 Å². The standard InChI is InChI=1S/C17H21BN2O2/c1-2-3-4-11-7-12(8-11)14-9-18(21)22-15-10-20-17-13(16(14)15)5-6-19-17/h5-6,9-12,21H,2-4,7-8H2,1H3,(H,19,20). The molecule has 1 aliphatic carbocycles. The zero-order valence-corrected chi connectivity index (χ0v) is 12.9. The highest BCUT2D eigenvalue weighted by molar-refractivity contribution is 6.52. The van der Waals surface area contributed by atoms with Crippen molar-refractivity contribution < 1.29 is 9.68 Å². The first-order valence-electron chi connectivity index (χ1n) is 8.29. The van der Waals surface area contributed by atoms with Crippen LogP contribution < -0.4 is 4.65 Å². The maximum Gasteiger partial charge on any atom is 0.552 e. The first-order valence-corrected chi connectivity index (χ1v) is 8.29. The number of H-pyrrole nitrogens is 1. The fraction of sp³-hybridized carbons (Fsp3) is 0.471. The number of pyridine rings is 1. The van der Waals surface area contributed by atoms with E-state index in [0.717, 1.165) is 22.5 Å². The lowest BCUT2D eigenvalue weighted by Crippen LogP contribution is -2.30. The first kappa shape index (κ1) is 13.9. The van der Waals surface area contributed by atoms with Crippen molar-refractivity contribution in [2.24, 2.45) is 11.8 Å². The summed E-state index contributed by atoms with van der Waals surface area (Å²) >= 11 is 0. The summed E-state index contributed by atoms with van der Waals surface area (Å²) in [5, 5.41) is 11.1. The molecule has 0 atom stereocenters. The Hall–Kier alpha value is -1.75. The predicted molar refractivity (Wildman–Crippen MR) is 88.4 cm³/mol. The van der Waals surface area contributed by atoms with Crippen LogP contribution in [0.2, 0.25) is 0 Å². The lowest BCUT2D eigenvalue weighted by molar-refractivity contribution is 0.228. The third kappa shape index (κ3) is 2.24. The Morgan fingerprint density at radius 3 is 3.14 bits per heavy atom. The van der Waals surface area contributed by atoms with Crippen LogP contribution in [-0.2, 0) is 0 Å². The third-order valence-corrected chi connectivity index (χ3v) is 5.05. The van der Waals surface area contributed by atoms with Gasteiger partial charge in [-0.2, -0.15) is 0 Å². The molecule has 0 spiro atoms. The highest BCUT2D eigenvalue weighted by Gasteiger charge is 2.37. The number of hydrogen-bond donors (Lipinski definition) is 2. The van der Waals surface area contributed by atoms with E-state index < -0.39 is 7.12 Å². The Labute approximate surface area is 130 Å². The maximum absolute atomic E-state index is 9.99. The first-order chi connectivity index (χ1) is 10.8. The molecule has 4 nitrogen and oxygen atoms in total. The molecular weight excluding hydrogens is 275 g/mol. The van der Waals surface area contributed by atoms with Gasteiger partial charge in [-0.15, -0.1) is 0 Å². The van der Waals surface area contributed by atoms with Gasteiger partial charge in [0, 0.05) is 17.1 Å². The molecule has 1 saturated carbocycles. The Morgan fingerprint density at radius 1 is 1.45 bits per heavy atom. The molecule has 4 rings (SSSR count). The van der Waals surface area contributed by atoms with E-state index in [2.05, 4.69) is 16.9 Å². The molecule has 2 aromatic heterocycles. The van der Waals surface area contributed by atoms with Gasteiger partial charge in [-0.25, -0.2) is 4.98 Å². The second-order valence-corrected chi connectivity index (χ2v) is 6.54. The van der Waals surface area contributed by atoms with Crippen LogP contribution in [0.25, 0.3) is 16.6 Å². The van der Waals surface area contributed by atoms with Crippen molar-refractivity contribution in [2.75, 3.05) is 0 Å². The van der Waals surface area contributed by atoms with Crippen molar-refractivity contribution in [3.63, 3.8) is 0 Å². The van der Waals surface area contributed by atoms with E-state index >= 15 is 0 Å². The molecular formula is C17H21BN2O2. The van der Waals surface area contributed by atoms with Crippen molar-refractivity contribution in [3.05, 3.63) is 30.0 Å². The van der Waals surface area contributed by atoms with Gasteiger partial charge < -0.3 is 14.7 Å². The molecule has 0 amide bonds. The summed E-state index contributed by atoms with van der Waals surface area (Å²) < 4.78 is 5.55. The molecule has 5 heteroatoms. The number of nitrogens with zero attached hydrogens (tertiary/aromatic N) is 1. The normalized spacial score (nSPS) is 23.7. The van der Waals surface area contributed by atoms with E-state index in [9.17, 15) is 5.02 Å². The number of rotatable bonds is 4. The molecule has 0 unspecified atom stereocenters. The van der Waals surface area contributed by atoms with Crippen LogP contribution in [0.4, 0.5) is 0 Å². The van der Waals surface area contributed by atoms with Gasteiger partial charge in [0.15, 0.2) is 0 Å². The highest BCUT2D eigenvalue weighted by atomic mass is 16.5. The summed E-state index contributed by atoms with van der Waals surface area (Å²) in [7, 11) is -0.851. The Morgan fingerprint density at radius 2 is 2.32 bits per heavy atom. The molecule has 0 bridgehead atoms. The number of aromatic nitrogens is 2. The van der Waals surface area contributed by atoms with Gasteiger partial charge in [-0.05, 0) is 42.3 Å². The van der Waals surface area contributed by atoms with Gasteiger partial charge >= 0.3 is 7.12 Å². The van der Waals surface area contributed by atoms with E-state index in [0.29, 0.717) is 11.7 Å². The summed E-state index contributed by atoms with van der Waals surface area (Å²) in [5.41, 5.74) is 3.25. The number of allylic oxidation sites excluding steroid dienone is 1. The molecule has 0 aromatic carbocycles. The molecule has 114 valence electrons. The summed E-state index contributed by atoms with van der Waals surface area (Å²) in [6, 6.07) is 2.04. The van der Waals surface area contributed by atoms with Crippen LogP contribution in [0.3, 0.4) is 0 Å². The van der Waals surface area contributed by atoms with Crippen molar-refractivity contribution in [3.8, 4) is 5.75 Å². The second-order valence-electron chi connectivity index (χ2n) is 6.54. The monoisotopic (exact) mass is 296 g/mol. The Kier molecular flexibility index (Phi) is 3.45. The minimum absolute atomic E-state index is 0.541. The van der Waals surface area contributed by atoms with Gasteiger partial charge in [-0.3, -0.25) is 0 Å². The fourth-order valence-corrected chi connectivity index (χ4v) is 3.84. The predicted octanol–water partition coefficient (Wildman–Crippen LogP) is 3.57. The van der Waals surface area contributed by atoms with Crippen molar-refractivity contribution in [1.29, 1.82) is 0 Å². The number of hydrogen-bond acceptors (Lipinski definition) is 3. The van der Waals surface area contributed by atoms with Crippen LogP contribution in [-0.4, -0.2) is 22.1 Å². The largest absolute Gasteiger partial charge is 0.552 e. The lowest BCUT2D eigenvalue weighted by Gasteiger charge is -2.39. The van der Waals surface area contributed by atoms with Gasteiger partial charge in [0.05, 0.1) is 6.20 Å². The quantitative estimate of drug-likeness (QED) is 0.848. The third-order valence-electron chi connectivity index (χ3n) is 5.05. The maximum atomic E-state index is 9.99. The minimum atomic E-state index is -0.851. The average Bonchev–Trinajstić information content (AvgIpc) is 2.93. The molecule has 2 N–H and O–H groups in total. The number of nitrogens with one attached hydrogen (secondary N) is 1. The smallest absolute Gasteiger partial charge is 0.531 e. The molecule has 22 heavy (non-hydrogen) atoms. The summed E-state index contributed by atoms with van der Waals surface area (Å²) in [6.07, 6.45) is 10.0. The minimum Gasteiger partial charge on any atom is -0.531 e. The Bertz CT molecular complexity index is 719. The van der Waals surface area contributed by atoms with Gasteiger partial charge in [0.1, 0.15) is 11.4 Å². The molecule has 0 saturated heterocycles. The van der Waals surface area contributed by atoms with Crippen LogP contribution in [0.5, 0.6) is 5.75 Å². The van der Waals surface area contributed by atoms with Gasteiger partial charge in [0.2, 0.25) is 0 Å². The number of fused-ring (bicyclic) bond motifs is 3. The molecule has 1 fully saturated rings. The average molecular weight is 296 g/mol. The van der Waals surface area contributed by atoms with E-state index in [1.165, 1.54) is 37.7 Å². The second kappa shape index (κ2) is 5.47.